The maximum atomic E-state index is 10.0. The third-order valence-corrected chi connectivity index (χ3v) is 4.64. The Morgan fingerprint density at radius 3 is 2.39 bits per heavy atom. The van der Waals surface area contributed by atoms with Crippen molar-refractivity contribution in [1.29, 1.82) is 0 Å². The van der Waals surface area contributed by atoms with E-state index in [0.717, 1.165) is 11.1 Å². The number of halogens is 3. The molecule has 3 N–H and O–H groups in total. The first-order valence-corrected chi connectivity index (χ1v) is 10.3. The molecule has 2 aromatic carbocycles. The van der Waals surface area contributed by atoms with Crippen LogP contribution in [-0.4, -0.2) is 54.6 Å². The van der Waals surface area contributed by atoms with Crippen LogP contribution in [0.3, 0.4) is 0 Å². The van der Waals surface area contributed by atoms with Gasteiger partial charge in [-0.25, -0.2) is 4.98 Å². The lowest BCUT2D eigenvalue weighted by atomic mass is 10.2. The fourth-order valence-electron chi connectivity index (χ4n) is 2.95. The van der Waals surface area contributed by atoms with Gasteiger partial charge in [0.15, 0.2) is 11.5 Å². The molecule has 0 radical (unpaired) electrons. The first kappa shape index (κ1) is 28.8. The third kappa shape index (κ3) is 7.94. The van der Waals surface area contributed by atoms with Crippen LogP contribution in [0.2, 0.25) is 5.28 Å². The molecule has 1 atom stereocenters. The van der Waals surface area contributed by atoms with E-state index in [2.05, 4.69) is 20.6 Å². The predicted octanol–water partition coefficient (Wildman–Crippen LogP) is 4.63. The van der Waals surface area contributed by atoms with Gasteiger partial charge in [0.2, 0.25) is 5.28 Å². The average molecular weight is 520 g/mol. The number of rotatable bonds is 10. The summed E-state index contributed by atoms with van der Waals surface area (Å²) >= 11 is 6.13. The van der Waals surface area contributed by atoms with E-state index in [9.17, 15) is 5.11 Å². The Morgan fingerprint density at radius 2 is 1.73 bits per heavy atom. The summed E-state index contributed by atoms with van der Waals surface area (Å²) in [5.41, 5.74) is 1.37. The monoisotopic (exact) mass is 518 g/mol. The van der Waals surface area contributed by atoms with Crippen molar-refractivity contribution in [3.8, 4) is 17.2 Å². The van der Waals surface area contributed by atoms with E-state index in [1.54, 1.807) is 26.4 Å². The number of ether oxygens (including phenoxy) is 3. The van der Waals surface area contributed by atoms with Gasteiger partial charge in [0.05, 0.1) is 19.7 Å². The Morgan fingerprint density at radius 1 is 1.03 bits per heavy atom. The molecule has 3 rings (SSSR count). The van der Waals surface area contributed by atoms with E-state index in [1.807, 2.05) is 38.1 Å². The number of aromatic nitrogens is 2. The van der Waals surface area contributed by atoms with Crippen LogP contribution in [0.4, 0.5) is 11.5 Å². The fourth-order valence-corrected chi connectivity index (χ4v) is 3.12. The second kappa shape index (κ2) is 13.5. The summed E-state index contributed by atoms with van der Waals surface area (Å²) in [6, 6.07) is 11.2. The van der Waals surface area contributed by atoms with Crippen molar-refractivity contribution >= 4 is 58.8 Å². The highest BCUT2D eigenvalue weighted by Gasteiger charge is 2.13. The van der Waals surface area contributed by atoms with Crippen LogP contribution in [0.5, 0.6) is 17.2 Å². The second-order valence-corrected chi connectivity index (χ2v) is 7.58. The number of methoxy groups -OCH3 is 2. The lowest BCUT2D eigenvalue weighted by Gasteiger charge is -2.16. The molecule has 3 aromatic rings. The van der Waals surface area contributed by atoms with Gasteiger partial charge < -0.3 is 30.0 Å². The Kier molecular flexibility index (Phi) is 11.8. The Labute approximate surface area is 210 Å². The van der Waals surface area contributed by atoms with Crippen LogP contribution in [-0.2, 0) is 0 Å². The molecular formula is C22H29Cl3N4O4. The lowest BCUT2D eigenvalue weighted by Crippen LogP contribution is -2.35. The largest absolute Gasteiger partial charge is 0.493 e. The van der Waals surface area contributed by atoms with Crippen LogP contribution in [0.15, 0.2) is 36.4 Å². The van der Waals surface area contributed by atoms with Gasteiger partial charge in [0.1, 0.15) is 24.3 Å². The number of anilines is 2. The molecule has 0 fully saturated rings. The molecule has 8 nitrogen and oxygen atoms in total. The van der Waals surface area contributed by atoms with E-state index in [-0.39, 0.29) is 36.7 Å². The smallest absolute Gasteiger partial charge is 0.224 e. The minimum Gasteiger partial charge on any atom is -0.493 e. The second-order valence-electron chi connectivity index (χ2n) is 7.25. The third-order valence-electron chi connectivity index (χ3n) is 4.47. The van der Waals surface area contributed by atoms with E-state index < -0.39 is 6.10 Å². The molecule has 0 bridgehead atoms. The number of aliphatic hydroxyl groups excluding tert-OH is 1. The van der Waals surface area contributed by atoms with Gasteiger partial charge in [0, 0.05) is 35.8 Å². The normalized spacial score (nSPS) is 11.4. The van der Waals surface area contributed by atoms with Gasteiger partial charge in [-0.2, -0.15) is 4.98 Å². The molecular weight excluding hydrogens is 491 g/mol. The number of nitrogens with one attached hydrogen (secondary N) is 2. The topological polar surface area (TPSA) is 97.8 Å². The van der Waals surface area contributed by atoms with Crippen molar-refractivity contribution in [2.24, 2.45) is 0 Å². The van der Waals surface area contributed by atoms with Gasteiger partial charge >= 0.3 is 0 Å². The van der Waals surface area contributed by atoms with Crippen LogP contribution in [0.25, 0.3) is 10.9 Å². The summed E-state index contributed by atoms with van der Waals surface area (Å²) in [5.74, 6) is 2.26. The maximum absolute atomic E-state index is 10.0. The number of nitrogens with zero attached hydrogens (tertiary/aromatic N) is 2. The lowest BCUT2D eigenvalue weighted by molar-refractivity contribution is 0.104. The highest BCUT2D eigenvalue weighted by molar-refractivity contribution is 6.28. The molecule has 0 aliphatic rings. The quantitative estimate of drug-likeness (QED) is 0.334. The Bertz CT molecular complexity index is 1040. The van der Waals surface area contributed by atoms with Gasteiger partial charge in [-0.1, -0.05) is 19.9 Å². The maximum Gasteiger partial charge on any atom is 0.224 e. The number of hydrogen-bond acceptors (Lipinski definition) is 8. The molecule has 0 saturated heterocycles. The van der Waals surface area contributed by atoms with E-state index in [1.165, 1.54) is 0 Å². The van der Waals surface area contributed by atoms with Crippen molar-refractivity contribution in [2.45, 2.75) is 26.0 Å². The summed E-state index contributed by atoms with van der Waals surface area (Å²) in [6.45, 7) is 4.70. The van der Waals surface area contributed by atoms with E-state index >= 15 is 0 Å². The zero-order chi connectivity index (χ0) is 22.4. The van der Waals surface area contributed by atoms with Gasteiger partial charge in [-0.15, -0.1) is 24.8 Å². The van der Waals surface area contributed by atoms with Crippen LogP contribution in [0, 0.1) is 0 Å². The fraction of sp³-hybridized carbons (Fsp3) is 0.364. The summed E-state index contributed by atoms with van der Waals surface area (Å²) in [7, 11) is 3.13. The SMILES string of the molecule is COc1cc2nc(Cl)nc(Nc3cccc(OCC(O)CNC(C)C)c3)c2cc1OC.Cl.Cl. The zero-order valence-electron chi connectivity index (χ0n) is 18.8. The summed E-state index contributed by atoms with van der Waals surface area (Å²) in [6.07, 6.45) is -0.605. The standard InChI is InChI=1S/C22H27ClN4O4.2ClH/c1-13(2)24-11-15(28)12-31-16-7-5-6-14(8-16)25-21-17-9-19(29-3)20(30-4)10-18(17)26-22(23)27-21;;/h5-10,13,15,24,28H,11-12H2,1-4H3,(H,25,26,27);2*1H. The van der Waals surface area contributed by atoms with Crippen LogP contribution < -0.4 is 24.8 Å². The summed E-state index contributed by atoms with van der Waals surface area (Å²) in [5, 5.41) is 17.3. The minimum absolute atomic E-state index is 0. The number of fused-ring (bicyclic) bond motifs is 1. The zero-order valence-corrected chi connectivity index (χ0v) is 21.2. The average Bonchev–Trinajstić information content (AvgIpc) is 2.75. The summed E-state index contributed by atoms with van der Waals surface area (Å²) in [4.78, 5) is 8.61. The van der Waals surface area contributed by atoms with Gasteiger partial charge in [0.25, 0.3) is 0 Å². The predicted molar refractivity (Wildman–Crippen MR) is 137 cm³/mol. The first-order chi connectivity index (χ1) is 14.9. The Hall–Kier alpha value is -2.23. The Balaban J connectivity index is 0.00000272. The molecule has 0 saturated carbocycles. The van der Waals surface area contributed by atoms with E-state index in [0.29, 0.717) is 41.2 Å². The molecule has 182 valence electrons. The molecule has 0 amide bonds. The van der Waals surface area contributed by atoms with Crippen molar-refractivity contribution in [2.75, 3.05) is 32.7 Å². The molecule has 0 aliphatic heterocycles. The summed E-state index contributed by atoms with van der Waals surface area (Å²) < 4.78 is 16.5. The number of benzene rings is 2. The molecule has 0 aliphatic carbocycles. The molecule has 11 heteroatoms. The minimum atomic E-state index is -0.605. The highest BCUT2D eigenvalue weighted by Crippen LogP contribution is 2.35. The van der Waals surface area contributed by atoms with Crippen molar-refractivity contribution < 1.29 is 19.3 Å². The van der Waals surface area contributed by atoms with Crippen molar-refractivity contribution in [3.05, 3.63) is 41.7 Å². The van der Waals surface area contributed by atoms with Gasteiger partial charge in [-0.3, -0.25) is 0 Å². The van der Waals surface area contributed by atoms with Crippen LogP contribution >= 0.6 is 36.4 Å². The first-order valence-electron chi connectivity index (χ1n) is 9.90. The van der Waals surface area contributed by atoms with Crippen LogP contribution in [0.1, 0.15) is 13.8 Å². The van der Waals surface area contributed by atoms with Crippen molar-refractivity contribution in [1.82, 2.24) is 15.3 Å². The highest BCUT2D eigenvalue weighted by atomic mass is 35.5. The molecule has 1 heterocycles. The molecule has 0 spiro atoms. The molecule has 33 heavy (non-hydrogen) atoms. The van der Waals surface area contributed by atoms with Crippen molar-refractivity contribution in [3.63, 3.8) is 0 Å². The molecule has 1 aromatic heterocycles. The number of aliphatic hydroxyl groups is 1. The number of hydrogen-bond donors (Lipinski definition) is 3. The van der Waals surface area contributed by atoms with Gasteiger partial charge in [-0.05, 0) is 29.8 Å². The molecule has 1 unspecified atom stereocenters. The van der Waals surface area contributed by atoms with E-state index in [4.69, 9.17) is 25.8 Å².